The van der Waals surface area contributed by atoms with Gasteiger partial charge in [-0.2, -0.15) is 0 Å². The number of phosphoric acid groups is 1. The van der Waals surface area contributed by atoms with Crippen LogP contribution in [0.2, 0.25) is 0 Å². The molecule has 0 amide bonds. The van der Waals surface area contributed by atoms with Crippen molar-refractivity contribution in [3.8, 4) is 0 Å². The fourth-order valence-electron chi connectivity index (χ4n) is 3.96. The van der Waals surface area contributed by atoms with Crippen LogP contribution in [0.25, 0.3) is 0 Å². The van der Waals surface area contributed by atoms with Gasteiger partial charge in [0, 0.05) is 6.61 Å². The van der Waals surface area contributed by atoms with Gasteiger partial charge < -0.3 is 4.74 Å². The third-order valence-corrected chi connectivity index (χ3v) is 8.46. The Labute approximate surface area is 239 Å². The van der Waals surface area contributed by atoms with Gasteiger partial charge >= 0.3 is 7.82 Å². The lowest BCUT2D eigenvalue weighted by Gasteiger charge is -2.24. The Morgan fingerprint density at radius 2 is 1.00 bits per heavy atom. The number of alkyl halides is 1. The van der Waals surface area contributed by atoms with Gasteiger partial charge in [0.25, 0.3) is 0 Å². The second kappa shape index (κ2) is 15.9. The van der Waals surface area contributed by atoms with E-state index in [1.54, 1.807) is 0 Å². The third-order valence-electron chi connectivity index (χ3n) is 6.06. The first kappa shape index (κ1) is 29.4. The van der Waals surface area contributed by atoms with Gasteiger partial charge in [0.1, 0.15) is 0 Å². The Bertz CT molecular complexity index is 1210. The third kappa shape index (κ3) is 9.84. The summed E-state index contributed by atoms with van der Waals surface area (Å²) in [7, 11) is -3.77. The minimum atomic E-state index is -3.77. The Morgan fingerprint density at radius 1 is 0.564 bits per heavy atom. The van der Waals surface area contributed by atoms with Gasteiger partial charge in [-0.05, 0) is 35.1 Å². The zero-order chi connectivity index (χ0) is 27.2. The monoisotopic (exact) mass is 608 g/mol. The summed E-state index contributed by atoms with van der Waals surface area (Å²) >= 11 is 3.85. The highest BCUT2D eigenvalue weighted by atomic mass is 79.9. The van der Waals surface area contributed by atoms with Crippen LogP contribution in [-0.2, 0) is 36.1 Å². The number of hydrogen-bond donors (Lipinski definition) is 0. The maximum Gasteiger partial charge on any atom is 0.475 e. The largest absolute Gasteiger partial charge is 0.475 e. The average Bonchev–Trinajstić information content (AvgIpc) is 3.00. The molecule has 0 aliphatic heterocycles. The molecule has 0 saturated carbocycles. The normalized spacial score (nSPS) is 13.2. The summed E-state index contributed by atoms with van der Waals surface area (Å²) in [5.41, 5.74) is 4.05. The molecule has 2 atom stereocenters. The van der Waals surface area contributed by atoms with Gasteiger partial charge in [-0.3, -0.25) is 13.6 Å². The van der Waals surface area contributed by atoms with Crippen molar-refractivity contribution in [1.82, 2.24) is 0 Å². The molecule has 0 spiro atoms. The standard InChI is InChI=1S/C32H34BrO5P/c33-31(29-19-9-3-10-20-29)32(30-21-11-4-12-22-30)35-23-13-14-24-36-39(34,37-25-27-15-5-1-6-16-27)38-26-28-17-7-2-8-18-28/h1-12,15-22,31-32H,13-14,23-26H2/t31-,32+/m0/s1. The Morgan fingerprint density at radius 3 is 1.51 bits per heavy atom. The molecule has 0 aromatic heterocycles. The van der Waals surface area contributed by atoms with Gasteiger partial charge in [-0.1, -0.05) is 137 Å². The minimum Gasteiger partial charge on any atom is -0.372 e. The van der Waals surface area contributed by atoms with Crippen LogP contribution in [0.5, 0.6) is 0 Å². The highest BCUT2D eigenvalue weighted by Gasteiger charge is 2.27. The lowest BCUT2D eigenvalue weighted by Crippen LogP contribution is -2.12. The zero-order valence-electron chi connectivity index (χ0n) is 21.8. The van der Waals surface area contributed by atoms with Crippen LogP contribution >= 0.6 is 23.8 Å². The van der Waals surface area contributed by atoms with E-state index in [4.69, 9.17) is 18.3 Å². The molecule has 4 aromatic rings. The smallest absolute Gasteiger partial charge is 0.372 e. The van der Waals surface area contributed by atoms with Gasteiger partial charge in [-0.25, -0.2) is 4.57 Å². The van der Waals surface area contributed by atoms with Crippen molar-refractivity contribution in [3.63, 3.8) is 0 Å². The van der Waals surface area contributed by atoms with Gasteiger partial charge in [0.05, 0.1) is 30.8 Å². The summed E-state index contributed by atoms with van der Waals surface area (Å²) in [5.74, 6) is 0. The SMILES string of the molecule is O=P(OCCCCO[C@H](c1ccccc1)[C@@H](Br)c1ccccc1)(OCc1ccccc1)OCc1ccccc1. The molecule has 39 heavy (non-hydrogen) atoms. The molecule has 4 aromatic carbocycles. The fourth-order valence-corrected chi connectivity index (χ4v) is 5.92. The van der Waals surface area contributed by atoms with Crippen LogP contribution in [0.4, 0.5) is 0 Å². The van der Waals surface area contributed by atoms with E-state index in [-0.39, 0.29) is 30.8 Å². The van der Waals surface area contributed by atoms with Crippen LogP contribution in [-0.4, -0.2) is 13.2 Å². The van der Waals surface area contributed by atoms with E-state index in [0.717, 1.165) is 28.7 Å². The van der Waals surface area contributed by atoms with Crippen molar-refractivity contribution in [2.75, 3.05) is 13.2 Å². The molecule has 0 N–H and O–H groups in total. The first-order chi connectivity index (χ1) is 19.1. The maximum absolute atomic E-state index is 13.4. The highest BCUT2D eigenvalue weighted by Crippen LogP contribution is 2.51. The predicted octanol–water partition coefficient (Wildman–Crippen LogP) is 9.22. The fraction of sp³-hybridized carbons (Fsp3) is 0.250. The van der Waals surface area contributed by atoms with Gasteiger partial charge in [-0.15, -0.1) is 0 Å². The second-order valence-corrected chi connectivity index (χ2v) is 11.7. The molecular formula is C32H34BrO5P. The van der Waals surface area contributed by atoms with Crippen molar-refractivity contribution in [3.05, 3.63) is 144 Å². The van der Waals surface area contributed by atoms with E-state index < -0.39 is 7.82 Å². The number of benzene rings is 4. The summed E-state index contributed by atoms with van der Waals surface area (Å²) in [5, 5.41) is 0. The highest BCUT2D eigenvalue weighted by molar-refractivity contribution is 9.09. The molecule has 204 valence electrons. The second-order valence-electron chi connectivity index (χ2n) is 9.02. The van der Waals surface area contributed by atoms with Gasteiger partial charge in [0.15, 0.2) is 0 Å². The molecule has 0 heterocycles. The number of unbranched alkanes of at least 4 members (excludes halogenated alkanes) is 1. The molecule has 0 aliphatic rings. The quantitative estimate of drug-likeness (QED) is 0.0720. The molecule has 0 fully saturated rings. The van der Waals surface area contributed by atoms with Gasteiger partial charge in [0.2, 0.25) is 0 Å². The summed E-state index contributed by atoms with van der Waals surface area (Å²) in [4.78, 5) is 0.00957. The van der Waals surface area contributed by atoms with Crippen LogP contribution in [0.3, 0.4) is 0 Å². The number of hydrogen-bond acceptors (Lipinski definition) is 5. The topological polar surface area (TPSA) is 54.0 Å². The van der Waals surface area contributed by atoms with Crippen molar-refractivity contribution in [1.29, 1.82) is 0 Å². The van der Waals surface area contributed by atoms with E-state index in [9.17, 15) is 4.57 Å². The minimum absolute atomic E-state index is 0.00957. The maximum atomic E-state index is 13.4. The summed E-state index contributed by atoms with van der Waals surface area (Å²) in [6, 6.07) is 39.6. The number of rotatable bonds is 16. The summed E-state index contributed by atoms with van der Waals surface area (Å²) in [6.07, 6.45) is 1.23. The Kier molecular flexibility index (Phi) is 12.0. The predicted molar refractivity (Wildman–Crippen MR) is 158 cm³/mol. The molecule has 0 radical (unpaired) electrons. The molecular weight excluding hydrogens is 575 g/mol. The van der Waals surface area contributed by atoms with Crippen molar-refractivity contribution in [2.24, 2.45) is 0 Å². The molecule has 4 rings (SSSR count). The van der Waals surface area contributed by atoms with Crippen LogP contribution in [0, 0.1) is 0 Å². The van der Waals surface area contributed by atoms with Crippen LogP contribution < -0.4 is 0 Å². The van der Waals surface area contributed by atoms with E-state index in [2.05, 4.69) is 40.2 Å². The average molecular weight is 609 g/mol. The van der Waals surface area contributed by atoms with E-state index >= 15 is 0 Å². The molecule has 0 bridgehead atoms. The van der Waals surface area contributed by atoms with E-state index in [1.165, 1.54) is 0 Å². The summed E-state index contributed by atoms with van der Waals surface area (Å²) < 4.78 is 36.9. The van der Waals surface area contributed by atoms with Crippen LogP contribution in [0.1, 0.15) is 46.0 Å². The number of halogens is 1. The molecule has 5 nitrogen and oxygen atoms in total. The Hall–Kier alpha value is -2.57. The first-order valence-electron chi connectivity index (χ1n) is 13.1. The van der Waals surface area contributed by atoms with Crippen molar-refractivity contribution >= 4 is 23.8 Å². The van der Waals surface area contributed by atoms with E-state index in [0.29, 0.717) is 13.0 Å². The Balaban J connectivity index is 1.29. The van der Waals surface area contributed by atoms with Crippen molar-refractivity contribution in [2.45, 2.75) is 37.0 Å². The lowest BCUT2D eigenvalue weighted by atomic mass is 10.0. The number of ether oxygens (including phenoxy) is 1. The number of phosphoric ester groups is 1. The first-order valence-corrected chi connectivity index (χ1v) is 15.5. The summed E-state index contributed by atoms with van der Waals surface area (Å²) in [6.45, 7) is 1.04. The van der Waals surface area contributed by atoms with Crippen molar-refractivity contribution < 1.29 is 22.9 Å². The zero-order valence-corrected chi connectivity index (χ0v) is 24.3. The molecule has 0 aliphatic carbocycles. The molecule has 7 heteroatoms. The molecule has 0 saturated heterocycles. The lowest BCUT2D eigenvalue weighted by molar-refractivity contribution is 0.0455. The molecule has 0 unspecified atom stereocenters. The van der Waals surface area contributed by atoms with E-state index in [1.807, 2.05) is 97.1 Å². The van der Waals surface area contributed by atoms with Crippen LogP contribution in [0.15, 0.2) is 121 Å².